The monoisotopic (exact) mass is 417 g/mol. The van der Waals surface area contributed by atoms with Crippen LogP contribution in [0.25, 0.3) is 22.0 Å². The van der Waals surface area contributed by atoms with Gasteiger partial charge in [-0.25, -0.2) is 9.59 Å². The van der Waals surface area contributed by atoms with Crippen molar-refractivity contribution in [2.24, 2.45) is 0 Å². The van der Waals surface area contributed by atoms with E-state index in [1.165, 1.54) is 0 Å². The molecule has 0 saturated carbocycles. The van der Waals surface area contributed by atoms with Crippen LogP contribution in [0.15, 0.2) is 59.5 Å². The Morgan fingerprint density at radius 3 is 2.32 bits per heavy atom. The fraction of sp³-hybridized carbons (Fsp3) is 0.0870. The minimum absolute atomic E-state index is 0.216. The molecule has 0 aliphatic heterocycles. The second-order valence-corrected chi connectivity index (χ2v) is 7.31. The number of aryl methyl sites for hydroxylation is 1. The molecule has 0 amide bonds. The average molecular weight is 417 g/mol. The fourth-order valence-corrected chi connectivity index (χ4v) is 3.70. The van der Waals surface area contributed by atoms with Crippen molar-refractivity contribution in [3.63, 3.8) is 0 Å². The maximum absolute atomic E-state index is 12.3. The molecule has 0 aliphatic rings. The number of carboxylic acid groups (broad SMARTS) is 2. The average Bonchev–Trinajstić information content (AvgIpc) is 3.10. The van der Waals surface area contributed by atoms with Crippen LogP contribution in [0.2, 0.25) is 0 Å². The number of carboxylic acids is 2. The summed E-state index contributed by atoms with van der Waals surface area (Å²) in [5, 5.41) is 20.1. The molecule has 2 aromatic carbocycles. The maximum atomic E-state index is 12.3. The fourth-order valence-electron chi connectivity index (χ4n) is 3.70. The molecule has 0 unspecified atom stereocenters. The van der Waals surface area contributed by atoms with Crippen LogP contribution in [0, 0.1) is 6.92 Å². The van der Waals surface area contributed by atoms with Gasteiger partial charge in [0.25, 0.3) is 5.56 Å². The van der Waals surface area contributed by atoms with E-state index in [-0.39, 0.29) is 11.1 Å². The number of aromatic nitrogens is 2. The van der Waals surface area contributed by atoms with E-state index >= 15 is 0 Å². The highest BCUT2D eigenvalue weighted by Gasteiger charge is 2.26. The predicted molar refractivity (Wildman–Crippen MR) is 117 cm³/mol. The van der Waals surface area contributed by atoms with Crippen molar-refractivity contribution in [3.8, 4) is 11.1 Å². The topological polar surface area (TPSA) is 138 Å². The van der Waals surface area contributed by atoms with E-state index < -0.39 is 34.4 Å². The number of fused-ring (bicyclic) bond motifs is 1. The number of nitrogens with zero attached hydrogens (tertiary/aromatic N) is 1. The van der Waals surface area contributed by atoms with E-state index in [4.69, 9.17) is 5.73 Å². The van der Waals surface area contributed by atoms with Gasteiger partial charge in [-0.2, -0.15) is 0 Å². The molecule has 0 atom stereocenters. The first-order valence-electron chi connectivity index (χ1n) is 9.43. The number of benzene rings is 2. The lowest BCUT2D eigenvalue weighted by Gasteiger charge is -2.13. The zero-order valence-electron chi connectivity index (χ0n) is 16.5. The number of hydrogen-bond acceptors (Lipinski definition) is 4. The highest BCUT2D eigenvalue weighted by molar-refractivity contribution is 6.08. The maximum Gasteiger partial charge on any atom is 0.342 e. The van der Waals surface area contributed by atoms with Crippen LogP contribution in [-0.2, 0) is 6.54 Å². The molecule has 2 heterocycles. The van der Waals surface area contributed by atoms with Crippen LogP contribution in [0.3, 0.4) is 0 Å². The Bertz CT molecular complexity index is 1400. The molecule has 0 fully saturated rings. The molecule has 0 bridgehead atoms. The van der Waals surface area contributed by atoms with E-state index in [1.54, 1.807) is 18.2 Å². The van der Waals surface area contributed by atoms with E-state index in [2.05, 4.69) is 4.98 Å². The number of anilines is 1. The molecule has 8 heteroatoms. The summed E-state index contributed by atoms with van der Waals surface area (Å²) in [5.41, 5.74) is 6.72. The van der Waals surface area contributed by atoms with Gasteiger partial charge in [-0.1, -0.05) is 42.0 Å². The van der Waals surface area contributed by atoms with Crippen molar-refractivity contribution in [2.45, 2.75) is 13.5 Å². The number of carbonyl (C=O) groups is 2. The molecule has 4 rings (SSSR count). The largest absolute Gasteiger partial charge is 0.478 e. The Kier molecular flexibility index (Phi) is 4.82. The SMILES string of the molecule is Cc1ccc(Cn2ccc3ccc(-c4c(C(=O)O)c(N)[nH]c(=O)c4C(=O)O)cc32)cc1. The van der Waals surface area contributed by atoms with Crippen LogP contribution in [0.1, 0.15) is 31.8 Å². The van der Waals surface area contributed by atoms with Gasteiger partial charge in [-0.3, -0.25) is 4.79 Å². The van der Waals surface area contributed by atoms with E-state index in [1.807, 2.05) is 48.0 Å². The molecule has 0 aliphatic carbocycles. The van der Waals surface area contributed by atoms with Crippen LogP contribution < -0.4 is 11.3 Å². The van der Waals surface area contributed by atoms with Crippen LogP contribution in [0.5, 0.6) is 0 Å². The number of aromatic amines is 1. The van der Waals surface area contributed by atoms with Gasteiger partial charge >= 0.3 is 11.9 Å². The van der Waals surface area contributed by atoms with Gasteiger partial charge in [0, 0.05) is 23.8 Å². The van der Waals surface area contributed by atoms with Crippen molar-refractivity contribution in [1.82, 2.24) is 9.55 Å². The van der Waals surface area contributed by atoms with Crippen molar-refractivity contribution in [3.05, 3.63) is 87.3 Å². The lowest BCUT2D eigenvalue weighted by molar-refractivity contribution is 0.0695. The summed E-state index contributed by atoms with van der Waals surface area (Å²) in [5.74, 6) is -3.36. The third kappa shape index (κ3) is 3.55. The summed E-state index contributed by atoms with van der Waals surface area (Å²) in [6.07, 6.45) is 1.90. The number of hydrogen-bond donors (Lipinski definition) is 4. The summed E-state index contributed by atoms with van der Waals surface area (Å²) in [6, 6.07) is 15.0. The first kappa shape index (κ1) is 20.0. The van der Waals surface area contributed by atoms with Gasteiger partial charge < -0.3 is 25.5 Å². The second kappa shape index (κ2) is 7.49. The Hall–Kier alpha value is -4.33. The molecule has 0 radical (unpaired) electrons. The Labute approximate surface area is 176 Å². The molecule has 0 spiro atoms. The standard InChI is InChI=1S/C23H19N3O5/c1-12-2-4-13(5-3-12)11-26-9-8-14-6-7-15(10-16(14)26)17-18(22(28)29)20(24)25-21(27)19(17)23(30)31/h2-10H,11H2,1H3,(H,28,29)(H,30,31)(H3,24,25,27). The molecule has 5 N–H and O–H groups in total. The quantitative estimate of drug-likeness (QED) is 0.393. The van der Waals surface area contributed by atoms with Crippen LogP contribution in [0.4, 0.5) is 5.82 Å². The number of rotatable bonds is 5. The zero-order chi connectivity index (χ0) is 22.3. The Morgan fingerprint density at radius 2 is 1.68 bits per heavy atom. The molecule has 4 aromatic rings. The molecule has 8 nitrogen and oxygen atoms in total. The summed E-state index contributed by atoms with van der Waals surface area (Å²) >= 11 is 0. The summed E-state index contributed by atoms with van der Waals surface area (Å²) in [6.45, 7) is 2.58. The minimum atomic E-state index is -1.53. The van der Waals surface area contributed by atoms with Gasteiger partial charge in [0.2, 0.25) is 0 Å². The normalized spacial score (nSPS) is 11.0. The molecule has 2 aromatic heterocycles. The second-order valence-electron chi connectivity index (χ2n) is 7.31. The first-order valence-corrected chi connectivity index (χ1v) is 9.43. The van der Waals surface area contributed by atoms with Gasteiger partial charge in [0.15, 0.2) is 0 Å². The number of nitrogens with one attached hydrogen (secondary N) is 1. The van der Waals surface area contributed by atoms with Gasteiger partial charge in [-0.05, 0) is 35.6 Å². The molecule has 156 valence electrons. The minimum Gasteiger partial charge on any atom is -0.478 e. The van der Waals surface area contributed by atoms with E-state index in [9.17, 15) is 24.6 Å². The highest BCUT2D eigenvalue weighted by Crippen LogP contribution is 2.32. The number of H-pyrrole nitrogens is 1. The molecular weight excluding hydrogens is 398 g/mol. The van der Waals surface area contributed by atoms with Crippen LogP contribution >= 0.6 is 0 Å². The summed E-state index contributed by atoms with van der Waals surface area (Å²) < 4.78 is 1.97. The van der Waals surface area contributed by atoms with Crippen molar-refractivity contribution >= 4 is 28.7 Å². The number of nitrogen functional groups attached to an aromatic ring is 1. The van der Waals surface area contributed by atoms with Gasteiger partial charge in [0.1, 0.15) is 16.9 Å². The Balaban J connectivity index is 1.93. The highest BCUT2D eigenvalue weighted by atomic mass is 16.4. The first-order chi connectivity index (χ1) is 14.8. The van der Waals surface area contributed by atoms with Crippen molar-refractivity contribution in [2.75, 3.05) is 5.73 Å². The third-order valence-electron chi connectivity index (χ3n) is 5.21. The number of pyridine rings is 1. The Morgan fingerprint density at radius 1 is 1.00 bits per heavy atom. The van der Waals surface area contributed by atoms with Gasteiger partial charge in [0.05, 0.1) is 0 Å². The smallest absolute Gasteiger partial charge is 0.342 e. The van der Waals surface area contributed by atoms with E-state index in [0.29, 0.717) is 6.54 Å². The zero-order valence-corrected chi connectivity index (χ0v) is 16.5. The predicted octanol–water partition coefficient (Wildman–Crippen LogP) is 3.33. The lowest BCUT2D eigenvalue weighted by atomic mass is 9.95. The van der Waals surface area contributed by atoms with Crippen LogP contribution in [-0.4, -0.2) is 31.7 Å². The molecule has 0 saturated heterocycles. The summed E-state index contributed by atoms with van der Waals surface area (Å²) in [4.78, 5) is 38.0. The summed E-state index contributed by atoms with van der Waals surface area (Å²) in [7, 11) is 0. The van der Waals surface area contributed by atoms with E-state index in [0.717, 1.165) is 22.0 Å². The van der Waals surface area contributed by atoms with Crippen molar-refractivity contribution < 1.29 is 19.8 Å². The number of nitrogens with two attached hydrogens (primary N) is 1. The van der Waals surface area contributed by atoms with Crippen molar-refractivity contribution in [1.29, 1.82) is 0 Å². The molecule has 31 heavy (non-hydrogen) atoms. The number of aromatic carboxylic acids is 2. The lowest BCUT2D eigenvalue weighted by Crippen LogP contribution is -2.24. The molecular formula is C23H19N3O5. The van der Waals surface area contributed by atoms with Gasteiger partial charge in [-0.15, -0.1) is 0 Å². The third-order valence-corrected chi connectivity index (χ3v) is 5.21.